The van der Waals surface area contributed by atoms with E-state index < -0.39 is 0 Å². The number of imidazole rings is 1. The molecular formula is C19H17N5. The van der Waals surface area contributed by atoms with Gasteiger partial charge in [-0.1, -0.05) is 12.1 Å². The monoisotopic (exact) mass is 315 g/mol. The van der Waals surface area contributed by atoms with Crippen LogP contribution in [0.2, 0.25) is 0 Å². The van der Waals surface area contributed by atoms with Crippen LogP contribution in [-0.2, 0) is 0 Å². The zero-order valence-electron chi connectivity index (χ0n) is 13.6. The number of aryl methyl sites for hydroxylation is 2. The van der Waals surface area contributed by atoms with E-state index in [0.717, 1.165) is 34.2 Å². The van der Waals surface area contributed by atoms with Crippen molar-refractivity contribution < 1.29 is 0 Å². The molecule has 4 rings (SSSR count). The first-order valence-corrected chi connectivity index (χ1v) is 7.80. The second kappa shape index (κ2) is 5.77. The number of nitrogens with zero attached hydrogens (tertiary/aromatic N) is 5. The summed E-state index contributed by atoms with van der Waals surface area (Å²) in [5.74, 6) is 0.881. The number of aromatic nitrogens is 5. The largest absolute Gasteiger partial charge is 0.298 e. The molecular weight excluding hydrogens is 298 g/mol. The lowest BCUT2D eigenvalue weighted by Gasteiger charge is -2.10. The average molecular weight is 315 g/mol. The predicted octanol–water partition coefficient (Wildman–Crippen LogP) is 3.74. The van der Waals surface area contributed by atoms with Crippen LogP contribution in [0, 0.1) is 13.8 Å². The molecule has 3 aromatic heterocycles. The molecule has 0 fully saturated rings. The molecule has 0 aliphatic heterocycles. The minimum Gasteiger partial charge on any atom is -0.298 e. The van der Waals surface area contributed by atoms with Gasteiger partial charge in [-0.05, 0) is 44.2 Å². The van der Waals surface area contributed by atoms with Gasteiger partial charge in [0.2, 0.25) is 0 Å². The normalized spacial score (nSPS) is 10.9. The molecule has 5 heteroatoms. The molecule has 0 saturated carbocycles. The van der Waals surface area contributed by atoms with Crippen LogP contribution in [0.4, 0.5) is 0 Å². The summed E-state index contributed by atoms with van der Waals surface area (Å²) in [4.78, 5) is 8.72. The van der Waals surface area contributed by atoms with Crippen molar-refractivity contribution in [2.45, 2.75) is 13.8 Å². The van der Waals surface area contributed by atoms with Crippen LogP contribution in [0.15, 0.2) is 67.3 Å². The van der Waals surface area contributed by atoms with Crippen LogP contribution in [-0.4, -0.2) is 24.3 Å². The highest BCUT2D eigenvalue weighted by Gasteiger charge is 2.10. The summed E-state index contributed by atoms with van der Waals surface area (Å²) in [7, 11) is 0. The van der Waals surface area contributed by atoms with Crippen molar-refractivity contribution in [2.75, 3.05) is 0 Å². The lowest BCUT2D eigenvalue weighted by atomic mass is 10.2. The second-order valence-corrected chi connectivity index (χ2v) is 5.72. The number of benzene rings is 1. The molecule has 0 amide bonds. The lowest BCUT2D eigenvalue weighted by molar-refractivity contribution is 0.833. The summed E-state index contributed by atoms with van der Waals surface area (Å²) in [5.41, 5.74) is 5.17. The maximum absolute atomic E-state index is 4.56. The summed E-state index contributed by atoms with van der Waals surface area (Å²) < 4.78 is 3.99. The highest BCUT2D eigenvalue weighted by Crippen LogP contribution is 2.24. The quantitative estimate of drug-likeness (QED) is 0.578. The van der Waals surface area contributed by atoms with E-state index in [0.29, 0.717) is 0 Å². The Morgan fingerprint density at radius 1 is 0.917 bits per heavy atom. The zero-order valence-corrected chi connectivity index (χ0v) is 13.6. The Morgan fingerprint density at radius 2 is 1.79 bits per heavy atom. The Labute approximate surface area is 140 Å². The third-order valence-electron chi connectivity index (χ3n) is 3.92. The molecule has 118 valence electrons. The number of rotatable bonds is 3. The number of pyridine rings is 1. The molecule has 0 atom stereocenters. The Balaban J connectivity index is 1.81. The molecule has 0 spiro atoms. The topological polar surface area (TPSA) is 48.5 Å². The maximum atomic E-state index is 4.56. The molecule has 0 bridgehead atoms. The number of hydrogen-bond acceptors (Lipinski definition) is 3. The fraction of sp³-hybridized carbons (Fsp3) is 0.105. The van der Waals surface area contributed by atoms with E-state index >= 15 is 0 Å². The Bertz CT molecular complexity index is 982. The van der Waals surface area contributed by atoms with E-state index in [1.54, 1.807) is 12.4 Å². The van der Waals surface area contributed by atoms with Gasteiger partial charge in [0.25, 0.3) is 0 Å². The van der Waals surface area contributed by atoms with Crippen LogP contribution in [0.3, 0.4) is 0 Å². The van der Waals surface area contributed by atoms with Gasteiger partial charge in [0.15, 0.2) is 0 Å². The van der Waals surface area contributed by atoms with Gasteiger partial charge in [0.05, 0.1) is 23.3 Å². The van der Waals surface area contributed by atoms with Crippen molar-refractivity contribution in [3.8, 4) is 22.8 Å². The van der Waals surface area contributed by atoms with Crippen molar-refractivity contribution in [1.82, 2.24) is 24.3 Å². The van der Waals surface area contributed by atoms with Gasteiger partial charge in [-0.2, -0.15) is 5.10 Å². The molecule has 0 aliphatic carbocycles. The molecule has 5 nitrogen and oxygen atoms in total. The van der Waals surface area contributed by atoms with Gasteiger partial charge >= 0.3 is 0 Å². The SMILES string of the molecule is Cc1cc(C)n(-c2cccc(-c3nccn3-c3cccnc3)c2)n1. The fourth-order valence-corrected chi connectivity index (χ4v) is 2.89. The molecule has 0 aliphatic rings. The molecule has 4 aromatic rings. The lowest BCUT2D eigenvalue weighted by Crippen LogP contribution is -2.01. The van der Waals surface area contributed by atoms with Gasteiger partial charge in [-0.3, -0.25) is 9.55 Å². The average Bonchev–Trinajstić information content (AvgIpc) is 3.22. The fourth-order valence-electron chi connectivity index (χ4n) is 2.89. The first kappa shape index (κ1) is 14.4. The Morgan fingerprint density at radius 3 is 2.54 bits per heavy atom. The van der Waals surface area contributed by atoms with Gasteiger partial charge in [-0.25, -0.2) is 9.67 Å². The smallest absolute Gasteiger partial charge is 0.144 e. The summed E-state index contributed by atoms with van der Waals surface area (Å²) >= 11 is 0. The first-order chi connectivity index (χ1) is 11.7. The molecule has 0 radical (unpaired) electrons. The molecule has 0 unspecified atom stereocenters. The number of hydrogen-bond donors (Lipinski definition) is 0. The minimum absolute atomic E-state index is 0.881. The Hall–Kier alpha value is -3.21. The highest BCUT2D eigenvalue weighted by atomic mass is 15.3. The van der Waals surface area contributed by atoms with Gasteiger partial charge in [-0.15, -0.1) is 0 Å². The Kier molecular flexibility index (Phi) is 3.46. The van der Waals surface area contributed by atoms with Crippen molar-refractivity contribution in [2.24, 2.45) is 0 Å². The van der Waals surface area contributed by atoms with Crippen LogP contribution in [0.5, 0.6) is 0 Å². The van der Waals surface area contributed by atoms with Crippen molar-refractivity contribution in [1.29, 1.82) is 0 Å². The van der Waals surface area contributed by atoms with E-state index in [1.807, 2.05) is 46.8 Å². The molecule has 1 aromatic carbocycles. The standard InChI is InChI=1S/C19H17N5/c1-14-11-15(2)24(22-14)17-6-3-5-16(12-17)19-21-9-10-23(19)18-7-4-8-20-13-18/h3-13H,1-2H3. The summed E-state index contributed by atoms with van der Waals surface area (Å²) in [6.45, 7) is 4.06. The van der Waals surface area contributed by atoms with Gasteiger partial charge in [0, 0.05) is 29.8 Å². The van der Waals surface area contributed by atoms with Crippen LogP contribution >= 0.6 is 0 Å². The molecule has 24 heavy (non-hydrogen) atoms. The highest BCUT2D eigenvalue weighted by molar-refractivity contribution is 5.61. The van der Waals surface area contributed by atoms with Crippen LogP contribution < -0.4 is 0 Å². The van der Waals surface area contributed by atoms with Gasteiger partial charge in [0.1, 0.15) is 5.82 Å². The first-order valence-electron chi connectivity index (χ1n) is 7.80. The van der Waals surface area contributed by atoms with Crippen molar-refractivity contribution in [3.05, 3.63) is 78.6 Å². The summed E-state index contributed by atoms with van der Waals surface area (Å²) in [5, 5.41) is 4.56. The van der Waals surface area contributed by atoms with Crippen molar-refractivity contribution >= 4 is 0 Å². The van der Waals surface area contributed by atoms with E-state index in [4.69, 9.17) is 0 Å². The third-order valence-corrected chi connectivity index (χ3v) is 3.92. The third kappa shape index (κ3) is 2.50. The molecule has 0 saturated heterocycles. The maximum Gasteiger partial charge on any atom is 0.144 e. The summed E-state index contributed by atoms with van der Waals surface area (Å²) in [6, 6.07) is 14.3. The predicted molar refractivity (Wildman–Crippen MR) is 93.4 cm³/mol. The summed E-state index contributed by atoms with van der Waals surface area (Å²) in [6.07, 6.45) is 7.35. The van der Waals surface area contributed by atoms with E-state index in [1.165, 1.54) is 0 Å². The van der Waals surface area contributed by atoms with Crippen LogP contribution in [0.1, 0.15) is 11.4 Å². The van der Waals surface area contributed by atoms with E-state index in [2.05, 4.69) is 46.3 Å². The van der Waals surface area contributed by atoms with Crippen LogP contribution in [0.25, 0.3) is 22.8 Å². The molecule has 3 heterocycles. The molecule has 0 N–H and O–H groups in total. The van der Waals surface area contributed by atoms with E-state index in [9.17, 15) is 0 Å². The minimum atomic E-state index is 0.881. The van der Waals surface area contributed by atoms with Crippen molar-refractivity contribution in [3.63, 3.8) is 0 Å². The second-order valence-electron chi connectivity index (χ2n) is 5.72. The van der Waals surface area contributed by atoms with Gasteiger partial charge < -0.3 is 0 Å². The van der Waals surface area contributed by atoms with E-state index in [-0.39, 0.29) is 0 Å². The zero-order chi connectivity index (χ0) is 16.5.